The van der Waals surface area contributed by atoms with E-state index < -0.39 is 78.2 Å². The molecule has 0 spiro atoms. The topological polar surface area (TPSA) is 259 Å². The number of likely N-dealkylation sites (N-methyl/N-ethyl adjacent to an activating group) is 1. The van der Waals surface area contributed by atoms with Crippen molar-refractivity contribution in [3.63, 3.8) is 0 Å². The average Bonchev–Trinajstić information content (AvgIpc) is 2.88. The SMILES string of the molecule is CNC(=O)[C@H](C)NC(=O)[C@H](CO)NC(=O)[C@@H](NC(=O)[C@H](CCCN=C(N)N)NC(=O)[C@H](CS)NC(C)=O)C(C)C. The van der Waals surface area contributed by atoms with Gasteiger partial charge in [0, 0.05) is 26.3 Å². The van der Waals surface area contributed by atoms with Gasteiger partial charge in [-0.2, -0.15) is 12.6 Å². The first kappa shape index (κ1) is 36.4. The summed E-state index contributed by atoms with van der Waals surface area (Å²) in [6.07, 6.45) is 0.371. The standard InChI is InChI=1S/C23H43N9O7S/c1-11(2)17(22(39)31-15(9-33)20(37)28-12(3)18(35)26-5)32-19(36)14(7-6-8-27-23(24)25)30-21(38)16(10-40)29-13(4)34/h11-12,14-17,33,40H,6-10H2,1-5H3,(H,26,35)(H,28,37)(H,29,34)(H,30,38)(H,31,39)(H,32,36)(H4,24,25,27)/t12-,14-,15-,16-,17-/m0/s1. The van der Waals surface area contributed by atoms with Crippen LogP contribution in [0.25, 0.3) is 0 Å². The Labute approximate surface area is 239 Å². The summed E-state index contributed by atoms with van der Waals surface area (Å²) < 4.78 is 0. The Morgan fingerprint density at radius 1 is 0.800 bits per heavy atom. The van der Waals surface area contributed by atoms with Crippen molar-refractivity contribution < 1.29 is 33.9 Å². The van der Waals surface area contributed by atoms with Crippen molar-refractivity contribution in [3.05, 3.63) is 0 Å². The van der Waals surface area contributed by atoms with Gasteiger partial charge in [0.25, 0.3) is 0 Å². The fraction of sp³-hybridized carbons (Fsp3) is 0.696. The van der Waals surface area contributed by atoms with Crippen LogP contribution >= 0.6 is 12.6 Å². The third-order valence-corrected chi connectivity index (χ3v) is 5.88. The van der Waals surface area contributed by atoms with E-state index in [1.807, 2.05) is 0 Å². The smallest absolute Gasteiger partial charge is 0.245 e. The normalized spacial score (nSPS) is 14.4. The predicted molar refractivity (Wildman–Crippen MR) is 151 cm³/mol. The van der Waals surface area contributed by atoms with Crippen molar-refractivity contribution in [2.45, 2.75) is 70.7 Å². The average molecular weight is 590 g/mol. The van der Waals surface area contributed by atoms with Crippen molar-refractivity contribution >= 4 is 54.0 Å². The van der Waals surface area contributed by atoms with E-state index in [1.165, 1.54) is 20.9 Å². The number of aliphatic hydroxyl groups excluding tert-OH is 1. The van der Waals surface area contributed by atoms with Gasteiger partial charge in [-0.15, -0.1) is 0 Å². The molecule has 17 heteroatoms. The summed E-state index contributed by atoms with van der Waals surface area (Å²) in [6.45, 7) is 5.34. The number of thiol groups is 1. The lowest BCUT2D eigenvalue weighted by atomic mass is 10.0. The lowest BCUT2D eigenvalue weighted by molar-refractivity contribution is -0.136. The Hall–Kier alpha value is -3.60. The van der Waals surface area contributed by atoms with E-state index in [0.717, 1.165) is 0 Å². The molecule has 0 aliphatic carbocycles. The van der Waals surface area contributed by atoms with Crippen LogP contribution in [-0.2, 0) is 28.8 Å². The summed E-state index contributed by atoms with van der Waals surface area (Å²) in [5, 5.41) is 24.3. The second kappa shape index (κ2) is 18.6. The summed E-state index contributed by atoms with van der Waals surface area (Å²) >= 11 is 4.07. The summed E-state index contributed by atoms with van der Waals surface area (Å²) in [5.41, 5.74) is 10.7. The fourth-order valence-corrected chi connectivity index (χ4v) is 3.58. The number of nitrogens with two attached hydrogens (primary N) is 2. The number of amides is 6. The molecule has 0 heterocycles. The van der Waals surface area contributed by atoms with E-state index in [0.29, 0.717) is 0 Å². The number of carbonyl (C=O) groups is 6. The Bertz CT molecular complexity index is 928. The zero-order chi connectivity index (χ0) is 31.0. The van der Waals surface area contributed by atoms with Crippen LogP contribution in [0.3, 0.4) is 0 Å². The molecule has 0 rings (SSSR count). The molecule has 0 radical (unpaired) electrons. The van der Waals surface area contributed by atoms with E-state index in [1.54, 1.807) is 13.8 Å². The van der Waals surface area contributed by atoms with Gasteiger partial charge in [0.05, 0.1) is 6.61 Å². The predicted octanol–water partition coefficient (Wildman–Crippen LogP) is -4.17. The first-order valence-corrected chi connectivity index (χ1v) is 13.3. The maximum absolute atomic E-state index is 13.2. The quantitative estimate of drug-likeness (QED) is 0.0341. The summed E-state index contributed by atoms with van der Waals surface area (Å²) in [4.78, 5) is 78.4. The highest BCUT2D eigenvalue weighted by Crippen LogP contribution is 2.07. The second-order valence-corrected chi connectivity index (χ2v) is 9.63. The zero-order valence-corrected chi connectivity index (χ0v) is 24.3. The van der Waals surface area contributed by atoms with Gasteiger partial charge in [0.15, 0.2) is 5.96 Å². The van der Waals surface area contributed by atoms with Gasteiger partial charge in [-0.1, -0.05) is 13.8 Å². The number of aliphatic imine (C=N–C) groups is 1. The van der Waals surface area contributed by atoms with Crippen LogP contribution in [0.1, 0.15) is 40.5 Å². The molecule has 11 N–H and O–H groups in total. The summed E-state index contributed by atoms with van der Waals surface area (Å²) in [5.74, 6) is -4.56. The number of nitrogens with zero attached hydrogens (tertiary/aromatic N) is 1. The lowest BCUT2D eigenvalue weighted by Crippen LogP contribution is -2.60. The number of hydrogen-bond acceptors (Lipinski definition) is 9. The third-order valence-electron chi connectivity index (χ3n) is 5.52. The van der Waals surface area contributed by atoms with E-state index in [4.69, 9.17) is 11.5 Å². The van der Waals surface area contributed by atoms with E-state index in [-0.39, 0.29) is 31.1 Å². The highest BCUT2D eigenvalue weighted by atomic mass is 32.1. The van der Waals surface area contributed by atoms with Gasteiger partial charge in [0.1, 0.15) is 30.2 Å². The van der Waals surface area contributed by atoms with Crippen molar-refractivity contribution in [3.8, 4) is 0 Å². The minimum Gasteiger partial charge on any atom is -0.394 e. The minimum absolute atomic E-state index is 0.0338. The van der Waals surface area contributed by atoms with Crippen LogP contribution in [0.4, 0.5) is 0 Å². The Kier molecular flexibility index (Phi) is 17.0. The molecule has 0 aromatic carbocycles. The third kappa shape index (κ3) is 13.5. The van der Waals surface area contributed by atoms with E-state index in [9.17, 15) is 33.9 Å². The van der Waals surface area contributed by atoms with Crippen molar-refractivity contribution in [1.29, 1.82) is 0 Å². The molecule has 5 atom stereocenters. The van der Waals surface area contributed by atoms with Crippen LogP contribution < -0.4 is 43.4 Å². The van der Waals surface area contributed by atoms with E-state index >= 15 is 0 Å². The molecule has 0 aliphatic heterocycles. The largest absolute Gasteiger partial charge is 0.394 e. The van der Waals surface area contributed by atoms with Crippen molar-refractivity contribution in [2.75, 3.05) is 26.0 Å². The van der Waals surface area contributed by atoms with Crippen LogP contribution in [-0.4, -0.2) is 103 Å². The first-order valence-electron chi connectivity index (χ1n) is 12.7. The highest BCUT2D eigenvalue weighted by Gasteiger charge is 2.32. The van der Waals surface area contributed by atoms with Gasteiger partial charge < -0.3 is 48.5 Å². The first-order chi connectivity index (χ1) is 18.7. The Morgan fingerprint density at radius 2 is 1.35 bits per heavy atom. The van der Waals surface area contributed by atoms with Gasteiger partial charge in [-0.05, 0) is 25.7 Å². The highest BCUT2D eigenvalue weighted by molar-refractivity contribution is 7.80. The van der Waals surface area contributed by atoms with Gasteiger partial charge in [-0.25, -0.2) is 0 Å². The molecule has 228 valence electrons. The molecule has 0 aromatic heterocycles. The number of nitrogens with one attached hydrogen (secondary N) is 6. The number of hydrogen-bond donors (Lipinski definition) is 10. The van der Waals surface area contributed by atoms with Crippen LogP contribution in [0.5, 0.6) is 0 Å². The molecule has 0 bridgehead atoms. The molecule has 0 unspecified atom stereocenters. The molecule has 16 nitrogen and oxygen atoms in total. The summed E-state index contributed by atoms with van der Waals surface area (Å²) in [6, 6.07) is -5.65. The number of rotatable bonds is 17. The second-order valence-electron chi connectivity index (χ2n) is 9.26. The van der Waals surface area contributed by atoms with Crippen molar-refractivity contribution in [2.24, 2.45) is 22.4 Å². The Balaban J connectivity index is 5.68. The molecule has 0 fully saturated rings. The van der Waals surface area contributed by atoms with E-state index in [2.05, 4.69) is 49.5 Å². The number of guanidine groups is 1. The van der Waals surface area contributed by atoms with Crippen LogP contribution in [0.2, 0.25) is 0 Å². The molecule has 0 saturated heterocycles. The molecule has 40 heavy (non-hydrogen) atoms. The van der Waals surface area contributed by atoms with Gasteiger partial charge in [0.2, 0.25) is 35.4 Å². The fourth-order valence-electron chi connectivity index (χ4n) is 3.32. The monoisotopic (exact) mass is 589 g/mol. The van der Waals surface area contributed by atoms with Crippen LogP contribution in [0.15, 0.2) is 4.99 Å². The maximum atomic E-state index is 13.2. The molecule has 0 aliphatic rings. The lowest BCUT2D eigenvalue weighted by Gasteiger charge is -2.28. The number of aliphatic hydroxyl groups is 1. The zero-order valence-electron chi connectivity index (χ0n) is 23.4. The Morgan fingerprint density at radius 3 is 1.82 bits per heavy atom. The molecule has 6 amide bonds. The van der Waals surface area contributed by atoms with Gasteiger partial charge >= 0.3 is 0 Å². The molecule has 0 aromatic rings. The number of carbonyl (C=O) groups excluding carboxylic acids is 6. The maximum Gasteiger partial charge on any atom is 0.245 e. The molecular formula is C23H43N9O7S. The minimum atomic E-state index is -1.40. The summed E-state index contributed by atoms with van der Waals surface area (Å²) in [7, 11) is 1.39. The molecule has 0 saturated carbocycles. The van der Waals surface area contributed by atoms with Gasteiger partial charge in [-0.3, -0.25) is 33.8 Å². The van der Waals surface area contributed by atoms with Crippen molar-refractivity contribution in [1.82, 2.24) is 31.9 Å². The molecular weight excluding hydrogens is 546 g/mol. The van der Waals surface area contributed by atoms with Crippen LogP contribution in [0, 0.1) is 5.92 Å².